The molecule has 5 heteroatoms. The van der Waals surface area contributed by atoms with E-state index in [1.54, 1.807) is 11.8 Å². The lowest BCUT2D eigenvalue weighted by molar-refractivity contribution is 0.957. The van der Waals surface area contributed by atoms with Crippen LogP contribution in [-0.4, -0.2) is 14.6 Å². The fraction of sp³-hybridized carbons (Fsp3) is 0.625. The Morgan fingerprint density at radius 2 is 2.46 bits per heavy atom. The van der Waals surface area contributed by atoms with Crippen LogP contribution in [-0.2, 0) is 6.42 Å². The predicted octanol–water partition coefficient (Wildman–Crippen LogP) is 2.49. The topological polar surface area (TPSA) is 49.6 Å². The SMILES string of the molecule is CCc1nsc(SC(C)CC#N)n1. The molecule has 13 heavy (non-hydrogen) atoms. The van der Waals surface area contributed by atoms with Crippen LogP contribution in [0.3, 0.4) is 0 Å². The third-order valence-electron chi connectivity index (χ3n) is 1.45. The van der Waals surface area contributed by atoms with E-state index in [9.17, 15) is 0 Å². The van der Waals surface area contributed by atoms with Crippen molar-refractivity contribution < 1.29 is 0 Å². The molecule has 0 amide bonds. The summed E-state index contributed by atoms with van der Waals surface area (Å²) in [5.41, 5.74) is 0. The van der Waals surface area contributed by atoms with Gasteiger partial charge in [-0.05, 0) is 11.5 Å². The molecule has 1 aromatic heterocycles. The zero-order chi connectivity index (χ0) is 9.68. The first-order valence-electron chi connectivity index (χ1n) is 4.12. The summed E-state index contributed by atoms with van der Waals surface area (Å²) in [5, 5.41) is 8.78. The van der Waals surface area contributed by atoms with Crippen LogP contribution in [0.25, 0.3) is 0 Å². The Morgan fingerprint density at radius 3 is 3.00 bits per heavy atom. The van der Waals surface area contributed by atoms with Gasteiger partial charge in [0.25, 0.3) is 0 Å². The Bertz CT molecular complexity index is 303. The number of nitriles is 1. The zero-order valence-electron chi connectivity index (χ0n) is 7.65. The largest absolute Gasteiger partial charge is 0.213 e. The molecule has 1 unspecified atom stereocenters. The fourth-order valence-electron chi connectivity index (χ4n) is 0.772. The van der Waals surface area contributed by atoms with Gasteiger partial charge in [-0.3, -0.25) is 0 Å². The Morgan fingerprint density at radius 1 is 1.69 bits per heavy atom. The molecule has 0 radical (unpaired) electrons. The van der Waals surface area contributed by atoms with E-state index in [1.165, 1.54) is 11.5 Å². The molecular formula is C8H11N3S2. The highest BCUT2D eigenvalue weighted by molar-refractivity contribution is 8.01. The van der Waals surface area contributed by atoms with Crippen LogP contribution >= 0.6 is 23.3 Å². The van der Waals surface area contributed by atoms with Gasteiger partial charge in [-0.25, -0.2) is 4.98 Å². The Kier molecular flexibility index (Phi) is 4.19. The van der Waals surface area contributed by atoms with Crippen molar-refractivity contribution in [3.63, 3.8) is 0 Å². The van der Waals surface area contributed by atoms with Crippen molar-refractivity contribution >= 4 is 23.3 Å². The van der Waals surface area contributed by atoms with Crippen LogP contribution in [0.15, 0.2) is 4.34 Å². The first-order chi connectivity index (χ1) is 6.26. The van der Waals surface area contributed by atoms with Crippen LogP contribution in [0.1, 0.15) is 26.1 Å². The van der Waals surface area contributed by atoms with Crippen molar-refractivity contribution in [2.75, 3.05) is 0 Å². The van der Waals surface area contributed by atoms with Crippen molar-refractivity contribution in [3.8, 4) is 6.07 Å². The highest BCUT2D eigenvalue weighted by atomic mass is 32.2. The molecule has 0 N–H and O–H groups in total. The highest BCUT2D eigenvalue weighted by Gasteiger charge is 2.08. The van der Waals surface area contributed by atoms with Gasteiger partial charge < -0.3 is 0 Å². The molecule has 1 atom stereocenters. The standard InChI is InChI=1S/C8H11N3S2/c1-3-7-10-8(13-11-7)12-6(2)4-5-9/h6H,3-4H2,1-2H3. The molecule has 1 aromatic rings. The summed E-state index contributed by atoms with van der Waals surface area (Å²) in [6.45, 7) is 4.07. The van der Waals surface area contributed by atoms with Crippen LogP contribution in [0.4, 0.5) is 0 Å². The quantitative estimate of drug-likeness (QED) is 0.721. The van der Waals surface area contributed by atoms with Crippen molar-refractivity contribution in [2.45, 2.75) is 36.3 Å². The monoisotopic (exact) mass is 213 g/mol. The maximum Gasteiger partial charge on any atom is 0.170 e. The van der Waals surface area contributed by atoms with Crippen LogP contribution in [0, 0.1) is 11.3 Å². The van der Waals surface area contributed by atoms with Gasteiger partial charge in [-0.1, -0.05) is 25.6 Å². The van der Waals surface area contributed by atoms with E-state index in [1.807, 2.05) is 13.8 Å². The summed E-state index contributed by atoms with van der Waals surface area (Å²) in [6, 6.07) is 2.14. The minimum Gasteiger partial charge on any atom is -0.213 e. The van der Waals surface area contributed by atoms with Crippen molar-refractivity contribution in [2.24, 2.45) is 0 Å². The van der Waals surface area contributed by atoms with Gasteiger partial charge >= 0.3 is 0 Å². The smallest absolute Gasteiger partial charge is 0.170 e. The zero-order valence-corrected chi connectivity index (χ0v) is 9.28. The van der Waals surface area contributed by atoms with Crippen molar-refractivity contribution in [1.29, 1.82) is 5.26 Å². The average molecular weight is 213 g/mol. The first-order valence-corrected chi connectivity index (χ1v) is 5.77. The lowest BCUT2D eigenvalue weighted by Crippen LogP contribution is -1.92. The normalized spacial score (nSPS) is 12.4. The number of hydrogen-bond acceptors (Lipinski definition) is 5. The van der Waals surface area contributed by atoms with Crippen LogP contribution in [0.5, 0.6) is 0 Å². The predicted molar refractivity (Wildman–Crippen MR) is 54.8 cm³/mol. The number of hydrogen-bond donors (Lipinski definition) is 0. The van der Waals surface area contributed by atoms with E-state index in [2.05, 4.69) is 15.4 Å². The summed E-state index contributed by atoms with van der Waals surface area (Å²) < 4.78 is 5.15. The second-order valence-corrected chi connectivity index (χ2v) is 5.06. The van der Waals surface area contributed by atoms with Gasteiger partial charge in [0.2, 0.25) is 0 Å². The van der Waals surface area contributed by atoms with Gasteiger partial charge in [-0.15, -0.1) is 0 Å². The fourth-order valence-corrected chi connectivity index (χ4v) is 2.71. The number of nitrogens with zero attached hydrogens (tertiary/aromatic N) is 3. The minimum atomic E-state index is 0.308. The van der Waals surface area contributed by atoms with Gasteiger partial charge in [0, 0.05) is 18.1 Å². The second-order valence-electron chi connectivity index (χ2n) is 2.62. The average Bonchev–Trinajstić information content (AvgIpc) is 2.52. The first kappa shape index (κ1) is 10.5. The molecule has 70 valence electrons. The molecular weight excluding hydrogens is 202 g/mol. The second kappa shape index (κ2) is 5.20. The van der Waals surface area contributed by atoms with Gasteiger partial charge in [0.1, 0.15) is 5.82 Å². The van der Waals surface area contributed by atoms with E-state index in [-0.39, 0.29) is 0 Å². The van der Waals surface area contributed by atoms with Gasteiger partial charge in [0.15, 0.2) is 4.34 Å². The van der Waals surface area contributed by atoms with Crippen LogP contribution < -0.4 is 0 Å². The summed E-state index contributed by atoms with van der Waals surface area (Å²) in [4.78, 5) is 4.31. The molecule has 0 aliphatic rings. The molecule has 0 aromatic carbocycles. The Balaban J connectivity index is 2.49. The van der Waals surface area contributed by atoms with Crippen LogP contribution in [0.2, 0.25) is 0 Å². The van der Waals surface area contributed by atoms with Gasteiger partial charge in [0.05, 0.1) is 6.07 Å². The molecule has 1 rings (SSSR count). The highest BCUT2D eigenvalue weighted by Crippen LogP contribution is 2.26. The lowest BCUT2D eigenvalue weighted by Gasteiger charge is -2.00. The van der Waals surface area contributed by atoms with E-state index in [0.717, 1.165) is 16.6 Å². The molecule has 3 nitrogen and oxygen atoms in total. The third-order valence-corrected chi connectivity index (χ3v) is 3.37. The maximum atomic E-state index is 8.47. The summed E-state index contributed by atoms with van der Waals surface area (Å²) in [6.07, 6.45) is 1.44. The molecule has 0 saturated heterocycles. The minimum absolute atomic E-state index is 0.308. The van der Waals surface area contributed by atoms with Gasteiger partial charge in [-0.2, -0.15) is 9.64 Å². The number of aromatic nitrogens is 2. The molecule has 0 aliphatic carbocycles. The summed E-state index contributed by atoms with van der Waals surface area (Å²) in [7, 11) is 0. The molecule has 0 saturated carbocycles. The maximum absolute atomic E-state index is 8.47. The number of aryl methyl sites for hydroxylation is 1. The molecule has 1 heterocycles. The van der Waals surface area contributed by atoms with E-state index < -0.39 is 0 Å². The number of thioether (sulfide) groups is 1. The molecule has 0 bridgehead atoms. The van der Waals surface area contributed by atoms with E-state index in [0.29, 0.717) is 11.7 Å². The van der Waals surface area contributed by atoms with Crippen molar-refractivity contribution in [3.05, 3.63) is 5.82 Å². The Hall–Kier alpha value is -0.600. The summed E-state index contributed by atoms with van der Waals surface area (Å²) >= 11 is 3.05. The molecule has 0 aliphatic heterocycles. The molecule has 0 fully saturated rings. The number of rotatable bonds is 4. The van der Waals surface area contributed by atoms with E-state index in [4.69, 9.17) is 5.26 Å². The van der Waals surface area contributed by atoms with E-state index >= 15 is 0 Å². The van der Waals surface area contributed by atoms with Crippen molar-refractivity contribution in [1.82, 2.24) is 9.36 Å². The lowest BCUT2D eigenvalue weighted by atomic mass is 10.4. The Labute approximate surface area is 86.4 Å². The molecule has 0 spiro atoms. The third kappa shape index (κ3) is 3.33. The summed E-state index contributed by atoms with van der Waals surface area (Å²) in [5.74, 6) is 0.900.